The third-order valence-electron chi connectivity index (χ3n) is 5.38. The van der Waals surface area contributed by atoms with Crippen LogP contribution in [-0.2, 0) is 28.7 Å². The highest BCUT2D eigenvalue weighted by molar-refractivity contribution is 5.85. The lowest BCUT2D eigenvalue weighted by molar-refractivity contribution is -0.159. The van der Waals surface area contributed by atoms with Crippen molar-refractivity contribution in [2.45, 2.75) is 155 Å². The predicted molar refractivity (Wildman–Crippen MR) is 141 cm³/mol. The van der Waals surface area contributed by atoms with Gasteiger partial charge in [-0.1, -0.05) is 57.8 Å². The Morgan fingerprint density at radius 3 is 1.47 bits per heavy atom. The van der Waals surface area contributed by atoms with Gasteiger partial charge in [-0.3, -0.25) is 14.4 Å². The van der Waals surface area contributed by atoms with Gasteiger partial charge in [-0.25, -0.2) is 4.79 Å². The van der Waals surface area contributed by atoms with Gasteiger partial charge in [0.2, 0.25) is 5.91 Å². The van der Waals surface area contributed by atoms with Crippen molar-refractivity contribution in [2.75, 3.05) is 0 Å². The Morgan fingerprint density at radius 1 is 0.639 bits per heavy atom. The Hall–Kier alpha value is -2.12. The van der Waals surface area contributed by atoms with E-state index in [1.807, 2.05) is 20.8 Å². The van der Waals surface area contributed by atoms with Crippen molar-refractivity contribution in [3.63, 3.8) is 0 Å². The number of unbranched alkanes of at least 4 members (excludes halogenated alkanes) is 10. The molecule has 0 bridgehead atoms. The number of carboxylic acids is 1. The van der Waals surface area contributed by atoms with Crippen molar-refractivity contribution >= 4 is 23.8 Å². The summed E-state index contributed by atoms with van der Waals surface area (Å²) in [7, 11) is 0. The zero-order chi connectivity index (χ0) is 27.6. The smallest absolute Gasteiger partial charge is 0.329 e. The summed E-state index contributed by atoms with van der Waals surface area (Å²) < 4.78 is 10.6. The van der Waals surface area contributed by atoms with Crippen molar-refractivity contribution in [1.82, 2.24) is 5.32 Å². The molecule has 1 amide bonds. The molecule has 8 nitrogen and oxygen atoms in total. The standard InChI is InChI=1S/C28H51NO7/c1-27(2,3)35-25(33)19-17-15-13-11-9-7-8-10-12-14-16-18-23(30)29-22(20-21-24(31)32)26(34)36-28(4,5)6/h22H,7-21H2,1-6H3,(H,29,30)(H,31,32)/t22-/m0/s1. The fraction of sp³-hybridized carbons (Fsp3) is 0.857. The van der Waals surface area contributed by atoms with Crippen LogP contribution in [0.2, 0.25) is 0 Å². The van der Waals surface area contributed by atoms with Gasteiger partial charge in [-0.05, 0) is 60.8 Å². The van der Waals surface area contributed by atoms with Gasteiger partial charge in [0.15, 0.2) is 0 Å². The van der Waals surface area contributed by atoms with Crippen molar-refractivity contribution in [3.05, 3.63) is 0 Å². The topological polar surface area (TPSA) is 119 Å². The highest BCUT2D eigenvalue weighted by atomic mass is 16.6. The lowest BCUT2D eigenvalue weighted by Gasteiger charge is -2.24. The first kappa shape index (κ1) is 33.9. The molecule has 0 heterocycles. The molecule has 0 aliphatic carbocycles. The van der Waals surface area contributed by atoms with Crippen LogP contribution in [-0.4, -0.2) is 46.2 Å². The molecule has 0 aromatic carbocycles. The second-order valence-corrected chi connectivity index (χ2v) is 11.6. The summed E-state index contributed by atoms with van der Waals surface area (Å²) in [6.45, 7) is 10.9. The van der Waals surface area contributed by atoms with Crippen LogP contribution in [0.15, 0.2) is 0 Å². The first-order chi connectivity index (χ1) is 16.7. The molecule has 0 aliphatic heterocycles. The summed E-state index contributed by atoms with van der Waals surface area (Å²) in [5.74, 6) is -1.97. The maximum absolute atomic E-state index is 12.3. The molecule has 0 radical (unpaired) electrons. The van der Waals surface area contributed by atoms with Gasteiger partial charge in [0.1, 0.15) is 17.2 Å². The molecule has 0 aromatic rings. The lowest BCUT2D eigenvalue weighted by atomic mass is 10.0. The largest absolute Gasteiger partial charge is 0.481 e. The van der Waals surface area contributed by atoms with Crippen LogP contribution in [0.3, 0.4) is 0 Å². The molecule has 36 heavy (non-hydrogen) atoms. The molecule has 0 fully saturated rings. The van der Waals surface area contributed by atoms with E-state index in [0.29, 0.717) is 12.8 Å². The number of aliphatic carboxylic acids is 1. The van der Waals surface area contributed by atoms with Crippen molar-refractivity contribution in [1.29, 1.82) is 0 Å². The van der Waals surface area contributed by atoms with Gasteiger partial charge in [0.25, 0.3) is 0 Å². The number of nitrogens with one attached hydrogen (secondary N) is 1. The summed E-state index contributed by atoms with van der Waals surface area (Å²) >= 11 is 0. The number of hydrogen-bond acceptors (Lipinski definition) is 6. The molecule has 0 rings (SSSR count). The van der Waals surface area contributed by atoms with E-state index in [1.165, 1.54) is 25.7 Å². The van der Waals surface area contributed by atoms with Crippen molar-refractivity contribution in [2.24, 2.45) is 0 Å². The number of carbonyl (C=O) groups excluding carboxylic acids is 3. The summed E-state index contributed by atoms with van der Waals surface area (Å²) in [5, 5.41) is 11.6. The Bertz CT molecular complexity index is 662. The normalized spacial score (nSPS) is 12.6. The minimum atomic E-state index is -1.02. The Labute approximate surface area is 218 Å². The fourth-order valence-electron chi connectivity index (χ4n) is 3.69. The van der Waals surface area contributed by atoms with E-state index >= 15 is 0 Å². The Morgan fingerprint density at radius 2 is 1.06 bits per heavy atom. The molecule has 2 N–H and O–H groups in total. The first-order valence-electron chi connectivity index (χ1n) is 13.7. The fourth-order valence-corrected chi connectivity index (χ4v) is 3.69. The van der Waals surface area contributed by atoms with Crippen LogP contribution in [0.25, 0.3) is 0 Å². The second-order valence-electron chi connectivity index (χ2n) is 11.6. The molecular formula is C28H51NO7. The van der Waals surface area contributed by atoms with Gasteiger partial charge < -0.3 is 19.9 Å². The number of amides is 1. The number of esters is 2. The molecule has 0 saturated heterocycles. The summed E-state index contributed by atoms with van der Waals surface area (Å²) in [6, 6.07) is -0.940. The highest BCUT2D eigenvalue weighted by Crippen LogP contribution is 2.15. The molecule has 1 atom stereocenters. The quantitative estimate of drug-likeness (QED) is 0.158. The van der Waals surface area contributed by atoms with Crippen LogP contribution in [0.1, 0.15) is 138 Å². The third kappa shape index (κ3) is 22.4. The Kier molecular flexibility index (Phi) is 17.1. The van der Waals surface area contributed by atoms with E-state index in [0.717, 1.165) is 44.9 Å². The van der Waals surface area contributed by atoms with Crippen molar-refractivity contribution < 1.29 is 33.8 Å². The van der Waals surface area contributed by atoms with E-state index < -0.39 is 29.2 Å². The summed E-state index contributed by atoms with van der Waals surface area (Å²) in [6.07, 6.45) is 12.4. The second kappa shape index (κ2) is 18.2. The average molecular weight is 514 g/mol. The number of ether oxygens (including phenoxy) is 2. The van der Waals surface area contributed by atoms with E-state index in [-0.39, 0.29) is 24.7 Å². The molecule has 210 valence electrons. The van der Waals surface area contributed by atoms with Crippen LogP contribution >= 0.6 is 0 Å². The zero-order valence-corrected chi connectivity index (χ0v) is 23.6. The minimum absolute atomic E-state index is 0.0136. The third-order valence-corrected chi connectivity index (χ3v) is 5.38. The highest BCUT2D eigenvalue weighted by Gasteiger charge is 2.27. The van der Waals surface area contributed by atoms with E-state index in [4.69, 9.17) is 14.6 Å². The van der Waals surface area contributed by atoms with E-state index in [9.17, 15) is 19.2 Å². The van der Waals surface area contributed by atoms with E-state index in [1.54, 1.807) is 20.8 Å². The van der Waals surface area contributed by atoms with Crippen LogP contribution in [0.5, 0.6) is 0 Å². The molecule has 0 aromatic heterocycles. The number of hydrogen-bond donors (Lipinski definition) is 2. The van der Waals surface area contributed by atoms with Crippen molar-refractivity contribution in [3.8, 4) is 0 Å². The summed E-state index contributed by atoms with van der Waals surface area (Å²) in [4.78, 5) is 47.1. The molecule has 0 spiro atoms. The molecule has 0 aliphatic rings. The van der Waals surface area contributed by atoms with Gasteiger partial charge in [0.05, 0.1) is 0 Å². The predicted octanol–water partition coefficient (Wildman–Crippen LogP) is 6.09. The number of carboxylic acid groups (broad SMARTS) is 1. The van der Waals surface area contributed by atoms with Gasteiger partial charge in [-0.2, -0.15) is 0 Å². The molecule has 0 saturated carbocycles. The Balaban J connectivity index is 3.82. The van der Waals surface area contributed by atoms with Gasteiger partial charge in [0, 0.05) is 19.3 Å². The first-order valence-corrected chi connectivity index (χ1v) is 13.7. The average Bonchev–Trinajstić information content (AvgIpc) is 2.71. The van der Waals surface area contributed by atoms with Crippen LogP contribution < -0.4 is 5.32 Å². The molecule has 8 heteroatoms. The monoisotopic (exact) mass is 513 g/mol. The minimum Gasteiger partial charge on any atom is -0.481 e. The summed E-state index contributed by atoms with van der Waals surface area (Å²) in [5.41, 5.74) is -1.11. The van der Waals surface area contributed by atoms with Crippen LogP contribution in [0.4, 0.5) is 0 Å². The SMILES string of the molecule is CC(C)(C)OC(=O)CCCCCCCCCCCCCC(=O)N[C@@H](CCC(=O)O)C(=O)OC(C)(C)C. The number of rotatable bonds is 19. The van der Waals surface area contributed by atoms with Gasteiger partial charge >= 0.3 is 17.9 Å². The lowest BCUT2D eigenvalue weighted by Crippen LogP contribution is -2.44. The maximum Gasteiger partial charge on any atom is 0.329 e. The van der Waals surface area contributed by atoms with Crippen LogP contribution in [0, 0.1) is 0 Å². The van der Waals surface area contributed by atoms with E-state index in [2.05, 4.69) is 5.32 Å². The van der Waals surface area contributed by atoms with Gasteiger partial charge in [-0.15, -0.1) is 0 Å². The molecule has 0 unspecified atom stereocenters. The number of carbonyl (C=O) groups is 4. The molecular weight excluding hydrogens is 462 g/mol. The zero-order valence-electron chi connectivity index (χ0n) is 23.6. The maximum atomic E-state index is 12.3.